The highest BCUT2D eigenvalue weighted by atomic mass is 35.5. The van der Waals surface area contributed by atoms with Gasteiger partial charge in [-0.1, -0.05) is 31.5 Å². The molecule has 3 nitrogen and oxygen atoms in total. The van der Waals surface area contributed by atoms with Crippen LogP contribution in [0.3, 0.4) is 0 Å². The fraction of sp³-hybridized carbons (Fsp3) is 0.444. The van der Waals surface area contributed by atoms with E-state index in [1.165, 1.54) is 24.1 Å². The van der Waals surface area contributed by atoms with E-state index in [-0.39, 0.29) is 0 Å². The van der Waals surface area contributed by atoms with E-state index < -0.39 is 0 Å². The first-order valence-corrected chi connectivity index (χ1v) is 8.35. The summed E-state index contributed by atoms with van der Waals surface area (Å²) in [6.07, 6.45) is 6.69. The highest BCUT2D eigenvalue weighted by Crippen LogP contribution is 2.29. The Morgan fingerprint density at radius 2 is 2.23 bits per heavy atom. The Bertz CT molecular complexity index is 655. The Morgan fingerprint density at radius 1 is 1.36 bits per heavy atom. The number of aryl methyl sites for hydroxylation is 1. The summed E-state index contributed by atoms with van der Waals surface area (Å²) < 4.78 is 0. The highest BCUT2D eigenvalue weighted by Gasteiger charge is 2.21. The summed E-state index contributed by atoms with van der Waals surface area (Å²) in [5.74, 6) is 2.20. The molecule has 1 N–H and O–H groups in total. The molecule has 1 unspecified atom stereocenters. The number of aromatic nitrogens is 2. The van der Waals surface area contributed by atoms with Gasteiger partial charge < -0.3 is 5.32 Å². The molecule has 1 aromatic carbocycles. The lowest BCUT2D eigenvalue weighted by Gasteiger charge is -2.25. The average molecular weight is 316 g/mol. The van der Waals surface area contributed by atoms with E-state index in [9.17, 15) is 0 Å². The molecule has 1 aliphatic rings. The van der Waals surface area contributed by atoms with Crippen LogP contribution in [0.1, 0.15) is 37.9 Å². The van der Waals surface area contributed by atoms with Gasteiger partial charge in [-0.25, -0.2) is 9.97 Å². The van der Waals surface area contributed by atoms with Crippen LogP contribution in [-0.4, -0.2) is 9.97 Å². The van der Waals surface area contributed by atoms with Crippen LogP contribution >= 0.6 is 11.6 Å². The quantitative estimate of drug-likeness (QED) is 0.860. The summed E-state index contributed by atoms with van der Waals surface area (Å²) in [6.45, 7) is 4.59. The zero-order valence-electron chi connectivity index (χ0n) is 13.1. The minimum atomic E-state index is 0.656. The van der Waals surface area contributed by atoms with Gasteiger partial charge in [-0.3, -0.25) is 0 Å². The summed E-state index contributed by atoms with van der Waals surface area (Å²) in [5, 5.41) is 3.94. The van der Waals surface area contributed by atoms with Crippen LogP contribution in [0.2, 0.25) is 5.02 Å². The van der Waals surface area contributed by atoms with Gasteiger partial charge in [-0.15, -0.1) is 0 Å². The van der Waals surface area contributed by atoms with Crippen LogP contribution in [0.15, 0.2) is 30.5 Å². The smallest absolute Gasteiger partial charge is 0.227 e. The number of hydrogen-bond donors (Lipinski definition) is 1. The summed E-state index contributed by atoms with van der Waals surface area (Å²) in [4.78, 5) is 9.15. The standard InChI is InChI=1S/C18H22ClN3/c1-12(2)8-13-6-7-17-14(9-13)11-20-18(22-17)21-16-5-3-4-15(19)10-16/h3-5,10-13H,6-9H2,1-2H3,(H,20,21,22). The molecule has 0 saturated heterocycles. The second-order valence-electron chi connectivity index (χ2n) is 6.54. The average Bonchev–Trinajstić information content (AvgIpc) is 2.47. The lowest BCUT2D eigenvalue weighted by Crippen LogP contribution is -2.18. The number of hydrogen-bond acceptors (Lipinski definition) is 3. The first-order chi connectivity index (χ1) is 10.6. The highest BCUT2D eigenvalue weighted by molar-refractivity contribution is 6.30. The van der Waals surface area contributed by atoms with Crippen LogP contribution in [0.25, 0.3) is 0 Å². The van der Waals surface area contributed by atoms with E-state index in [4.69, 9.17) is 11.6 Å². The van der Waals surface area contributed by atoms with Gasteiger partial charge in [-0.05, 0) is 61.3 Å². The van der Waals surface area contributed by atoms with Gasteiger partial charge in [0.2, 0.25) is 5.95 Å². The third-order valence-electron chi connectivity index (χ3n) is 4.14. The summed E-state index contributed by atoms with van der Waals surface area (Å²) >= 11 is 6.00. The van der Waals surface area contributed by atoms with Crippen molar-refractivity contribution in [2.75, 3.05) is 5.32 Å². The van der Waals surface area contributed by atoms with Crippen LogP contribution in [0.5, 0.6) is 0 Å². The van der Waals surface area contributed by atoms with E-state index in [1.54, 1.807) is 0 Å². The lowest BCUT2D eigenvalue weighted by atomic mass is 9.82. The maximum absolute atomic E-state index is 6.00. The second kappa shape index (κ2) is 6.66. The zero-order valence-corrected chi connectivity index (χ0v) is 13.9. The molecule has 0 saturated carbocycles. The van der Waals surface area contributed by atoms with Gasteiger partial charge in [0.05, 0.1) is 0 Å². The van der Waals surface area contributed by atoms with Crippen LogP contribution < -0.4 is 5.32 Å². The maximum atomic E-state index is 6.00. The molecule has 0 radical (unpaired) electrons. The molecule has 4 heteroatoms. The summed E-state index contributed by atoms with van der Waals surface area (Å²) in [7, 11) is 0. The minimum absolute atomic E-state index is 0.656. The van der Waals surface area contributed by atoms with E-state index in [2.05, 4.69) is 29.1 Å². The molecule has 22 heavy (non-hydrogen) atoms. The van der Waals surface area contributed by atoms with Crippen LogP contribution in [-0.2, 0) is 12.8 Å². The Balaban J connectivity index is 1.72. The normalized spacial score (nSPS) is 17.4. The first kappa shape index (κ1) is 15.3. The number of halogens is 1. The van der Waals surface area contributed by atoms with Gasteiger partial charge in [0.25, 0.3) is 0 Å². The van der Waals surface area contributed by atoms with E-state index in [1.807, 2.05) is 30.5 Å². The first-order valence-electron chi connectivity index (χ1n) is 7.97. The third kappa shape index (κ3) is 3.77. The summed E-state index contributed by atoms with van der Waals surface area (Å²) in [6, 6.07) is 7.62. The van der Waals surface area contributed by atoms with Crippen molar-refractivity contribution in [1.82, 2.24) is 9.97 Å². The number of benzene rings is 1. The van der Waals surface area contributed by atoms with E-state index in [0.29, 0.717) is 11.0 Å². The zero-order chi connectivity index (χ0) is 15.5. The van der Waals surface area contributed by atoms with Gasteiger partial charge in [0, 0.05) is 22.6 Å². The molecule has 0 bridgehead atoms. The Hall–Kier alpha value is -1.61. The molecule has 2 aromatic rings. The molecule has 0 aliphatic heterocycles. The number of rotatable bonds is 4. The van der Waals surface area contributed by atoms with Gasteiger partial charge in [0.1, 0.15) is 0 Å². The lowest BCUT2D eigenvalue weighted by molar-refractivity contribution is 0.366. The molecule has 1 aliphatic carbocycles. The van der Waals surface area contributed by atoms with Crippen LogP contribution in [0, 0.1) is 11.8 Å². The maximum Gasteiger partial charge on any atom is 0.227 e. The number of nitrogens with one attached hydrogen (secondary N) is 1. The molecule has 0 amide bonds. The topological polar surface area (TPSA) is 37.8 Å². The predicted octanol–water partition coefficient (Wildman–Crippen LogP) is 5.02. The molecule has 1 atom stereocenters. The van der Waals surface area contributed by atoms with Crippen molar-refractivity contribution in [2.45, 2.75) is 39.5 Å². The van der Waals surface area contributed by atoms with Gasteiger partial charge >= 0.3 is 0 Å². The van der Waals surface area contributed by atoms with Crippen molar-refractivity contribution < 1.29 is 0 Å². The van der Waals surface area contributed by atoms with Crippen molar-refractivity contribution in [3.63, 3.8) is 0 Å². The molecule has 116 valence electrons. The molecule has 1 aromatic heterocycles. The molecule has 0 fully saturated rings. The SMILES string of the molecule is CC(C)CC1CCc2nc(Nc3cccc(Cl)c3)ncc2C1. The van der Waals surface area contributed by atoms with Crippen molar-refractivity contribution in [3.8, 4) is 0 Å². The summed E-state index contributed by atoms with van der Waals surface area (Å²) in [5.41, 5.74) is 3.43. The van der Waals surface area contributed by atoms with E-state index >= 15 is 0 Å². The van der Waals surface area contributed by atoms with Gasteiger partial charge in [-0.2, -0.15) is 0 Å². The number of fused-ring (bicyclic) bond motifs is 1. The van der Waals surface area contributed by atoms with Crippen molar-refractivity contribution in [3.05, 3.63) is 46.7 Å². The number of anilines is 2. The molecule has 0 spiro atoms. The molecular weight excluding hydrogens is 294 g/mol. The van der Waals surface area contributed by atoms with Crippen molar-refractivity contribution >= 4 is 23.2 Å². The number of nitrogens with zero attached hydrogens (tertiary/aromatic N) is 2. The third-order valence-corrected chi connectivity index (χ3v) is 4.37. The molecule has 3 rings (SSSR count). The molecular formula is C18H22ClN3. The largest absolute Gasteiger partial charge is 0.324 e. The fourth-order valence-electron chi connectivity index (χ4n) is 3.21. The van der Waals surface area contributed by atoms with Crippen molar-refractivity contribution in [2.24, 2.45) is 11.8 Å². The van der Waals surface area contributed by atoms with Crippen molar-refractivity contribution in [1.29, 1.82) is 0 Å². The monoisotopic (exact) mass is 315 g/mol. The Labute approximate surface area is 137 Å². The Kier molecular flexibility index (Phi) is 4.63. The fourth-order valence-corrected chi connectivity index (χ4v) is 3.40. The minimum Gasteiger partial charge on any atom is -0.324 e. The predicted molar refractivity (Wildman–Crippen MR) is 91.7 cm³/mol. The van der Waals surface area contributed by atoms with Crippen LogP contribution in [0.4, 0.5) is 11.6 Å². The van der Waals surface area contributed by atoms with Gasteiger partial charge in [0.15, 0.2) is 0 Å². The Morgan fingerprint density at radius 3 is 3.00 bits per heavy atom. The second-order valence-corrected chi connectivity index (χ2v) is 6.98. The molecule has 1 heterocycles. The van der Waals surface area contributed by atoms with E-state index in [0.717, 1.165) is 30.4 Å².